The first kappa shape index (κ1) is 17.8. The molecule has 1 fully saturated rings. The molecule has 7 nitrogen and oxygen atoms in total. The Hall–Kier alpha value is -2.57. The van der Waals surface area contributed by atoms with Gasteiger partial charge in [-0.15, -0.1) is 0 Å². The third-order valence-electron chi connectivity index (χ3n) is 3.94. The van der Waals surface area contributed by atoms with Crippen LogP contribution in [0.5, 0.6) is 0 Å². The molecule has 130 valence electrons. The minimum absolute atomic E-state index is 0.0413. The molecule has 1 aromatic rings. The number of rotatable bonds is 4. The van der Waals surface area contributed by atoms with E-state index in [4.69, 9.17) is 5.11 Å². The normalized spacial score (nSPS) is 15.2. The minimum Gasteiger partial charge on any atom is -0.481 e. The number of hydrogen-bond acceptors (Lipinski definition) is 3. The van der Waals surface area contributed by atoms with Crippen LogP contribution < -0.4 is 10.6 Å². The molecular formula is C17H23N3O4. The van der Waals surface area contributed by atoms with Gasteiger partial charge in [-0.25, -0.2) is 4.79 Å². The maximum Gasteiger partial charge on any atom is 0.319 e. The molecular weight excluding hydrogens is 310 g/mol. The fourth-order valence-corrected chi connectivity index (χ4v) is 2.64. The summed E-state index contributed by atoms with van der Waals surface area (Å²) in [5, 5.41) is 14.4. The second-order valence-electron chi connectivity index (χ2n) is 6.24. The second kappa shape index (κ2) is 7.81. The molecule has 0 radical (unpaired) electrons. The Balaban J connectivity index is 1.92. The summed E-state index contributed by atoms with van der Waals surface area (Å²) in [6, 6.07) is 6.43. The SMILES string of the molecule is CC(C)NC(=O)Nc1ccc(C(=O)N2CCC(C(=O)O)CC2)cc1. The number of hydrogen-bond donors (Lipinski definition) is 3. The van der Waals surface area contributed by atoms with Crippen LogP contribution in [0.4, 0.5) is 10.5 Å². The number of amides is 3. The summed E-state index contributed by atoms with van der Waals surface area (Å²) in [4.78, 5) is 36.7. The summed E-state index contributed by atoms with van der Waals surface area (Å²) in [5.41, 5.74) is 1.13. The standard InChI is InChI=1S/C17H23N3O4/c1-11(2)18-17(24)19-14-5-3-12(4-6-14)15(21)20-9-7-13(8-10-20)16(22)23/h3-6,11,13H,7-10H2,1-2H3,(H,22,23)(H2,18,19,24). The van der Waals surface area contributed by atoms with Crippen molar-refractivity contribution in [3.05, 3.63) is 29.8 Å². The first-order valence-corrected chi connectivity index (χ1v) is 8.06. The van der Waals surface area contributed by atoms with Crippen molar-refractivity contribution in [2.45, 2.75) is 32.7 Å². The van der Waals surface area contributed by atoms with E-state index in [2.05, 4.69) is 10.6 Å². The Morgan fingerprint density at radius 1 is 1.12 bits per heavy atom. The summed E-state index contributed by atoms with van der Waals surface area (Å²) < 4.78 is 0. The highest BCUT2D eigenvalue weighted by molar-refractivity contribution is 5.95. The molecule has 24 heavy (non-hydrogen) atoms. The summed E-state index contributed by atoms with van der Waals surface area (Å²) >= 11 is 0. The van der Waals surface area contributed by atoms with E-state index in [1.807, 2.05) is 13.8 Å². The molecule has 0 aromatic heterocycles. The lowest BCUT2D eigenvalue weighted by Crippen LogP contribution is -2.40. The number of nitrogens with zero attached hydrogens (tertiary/aromatic N) is 1. The lowest BCUT2D eigenvalue weighted by atomic mass is 9.96. The van der Waals surface area contributed by atoms with Crippen LogP contribution in [-0.4, -0.2) is 47.0 Å². The second-order valence-corrected chi connectivity index (χ2v) is 6.24. The van der Waals surface area contributed by atoms with Gasteiger partial charge in [0.05, 0.1) is 5.92 Å². The highest BCUT2D eigenvalue weighted by atomic mass is 16.4. The highest BCUT2D eigenvalue weighted by Gasteiger charge is 2.27. The Morgan fingerprint density at radius 3 is 2.21 bits per heavy atom. The van der Waals surface area contributed by atoms with Crippen molar-refractivity contribution >= 4 is 23.6 Å². The fourth-order valence-electron chi connectivity index (χ4n) is 2.64. The molecule has 1 aromatic carbocycles. The van der Waals surface area contributed by atoms with Crippen LogP contribution in [0.1, 0.15) is 37.0 Å². The maximum atomic E-state index is 12.4. The summed E-state index contributed by atoms with van der Waals surface area (Å²) in [7, 11) is 0. The van der Waals surface area contributed by atoms with Gasteiger partial charge < -0.3 is 20.6 Å². The van der Waals surface area contributed by atoms with Crippen molar-refractivity contribution in [1.82, 2.24) is 10.2 Å². The van der Waals surface area contributed by atoms with Crippen molar-refractivity contribution in [3.8, 4) is 0 Å². The van der Waals surface area contributed by atoms with Crippen LogP contribution in [0, 0.1) is 5.92 Å². The molecule has 2 rings (SSSR count). The van der Waals surface area contributed by atoms with Gasteiger partial charge in [0.15, 0.2) is 0 Å². The topological polar surface area (TPSA) is 98.7 Å². The van der Waals surface area contributed by atoms with Crippen molar-refractivity contribution in [2.75, 3.05) is 18.4 Å². The van der Waals surface area contributed by atoms with E-state index >= 15 is 0 Å². The first-order valence-electron chi connectivity index (χ1n) is 8.06. The summed E-state index contributed by atoms with van der Waals surface area (Å²) in [6.07, 6.45) is 0.964. The summed E-state index contributed by atoms with van der Waals surface area (Å²) in [6.45, 7) is 4.64. The molecule has 0 bridgehead atoms. The van der Waals surface area contributed by atoms with E-state index in [1.54, 1.807) is 29.2 Å². The average Bonchev–Trinajstić information content (AvgIpc) is 2.54. The van der Waals surface area contributed by atoms with Gasteiger partial charge in [-0.2, -0.15) is 0 Å². The third kappa shape index (κ3) is 4.71. The van der Waals surface area contributed by atoms with Gasteiger partial charge in [0.1, 0.15) is 0 Å². The number of nitrogens with one attached hydrogen (secondary N) is 2. The summed E-state index contributed by atoms with van der Waals surface area (Å²) in [5.74, 6) is -1.27. The number of benzene rings is 1. The van der Waals surface area contributed by atoms with Gasteiger partial charge in [0.25, 0.3) is 5.91 Å². The van der Waals surface area contributed by atoms with Crippen molar-refractivity contribution < 1.29 is 19.5 Å². The van der Waals surface area contributed by atoms with Crippen LogP contribution >= 0.6 is 0 Å². The number of carboxylic acids is 1. The Labute approximate surface area is 141 Å². The lowest BCUT2D eigenvalue weighted by molar-refractivity contribution is -0.143. The monoisotopic (exact) mass is 333 g/mol. The number of anilines is 1. The molecule has 7 heteroatoms. The smallest absolute Gasteiger partial charge is 0.319 e. The lowest BCUT2D eigenvalue weighted by Gasteiger charge is -2.30. The van der Waals surface area contributed by atoms with Crippen LogP contribution in [0.15, 0.2) is 24.3 Å². The van der Waals surface area contributed by atoms with Gasteiger partial charge in [-0.05, 0) is 51.0 Å². The van der Waals surface area contributed by atoms with Gasteiger partial charge >= 0.3 is 12.0 Å². The van der Waals surface area contributed by atoms with E-state index in [9.17, 15) is 14.4 Å². The zero-order valence-corrected chi connectivity index (χ0v) is 13.9. The third-order valence-corrected chi connectivity index (χ3v) is 3.94. The predicted molar refractivity (Wildman–Crippen MR) is 90.0 cm³/mol. The molecule has 0 saturated carbocycles. The molecule has 3 amide bonds. The van der Waals surface area contributed by atoms with Gasteiger partial charge in [0.2, 0.25) is 0 Å². The Bertz CT molecular complexity index is 605. The van der Waals surface area contributed by atoms with Gasteiger partial charge in [-0.1, -0.05) is 0 Å². The van der Waals surface area contributed by atoms with E-state index < -0.39 is 5.97 Å². The molecule has 1 heterocycles. The van der Waals surface area contributed by atoms with Crippen molar-refractivity contribution in [1.29, 1.82) is 0 Å². The molecule has 0 aliphatic carbocycles. The number of likely N-dealkylation sites (tertiary alicyclic amines) is 1. The minimum atomic E-state index is -0.794. The fraction of sp³-hybridized carbons (Fsp3) is 0.471. The Kier molecular flexibility index (Phi) is 5.78. The van der Waals surface area contributed by atoms with Crippen LogP contribution in [0.2, 0.25) is 0 Å². The zero-order valence-electron chi connectivity index (χ0n) is 13.9. The molecule has 1 aliphatic heterocycles. The van der Waals surface area contributed by atoms with Crippen molar-refractivity contribution in [3.63, 3.8) is 0 Å². The predicted octanol–water partition coefficient (Wildman–Crippen LogP) is 2.15. The van der Waals surface area contributed by atoms with E-state index in [1.165, 1.54) is 0 Å². The number of carbonyl (C=O) groups is 3. The molecule has 3 N–H and O–H groups in total. The van der Waals surface area contributed by atoms with Crippen LogP contribution in [0.3, 0.4) is 0 Å². The van der Waals surface area contributed by atoms with Crippen LogP contribution in [-0.2, 0) is 4.79 Å². The number of piperidine rings is 1. The largest absolute Gasteiger partial charge is 0.481 e. The number of urea groups is 1. The van der Waals surface area contributed by atoms with Crippen LogP contribution in [0.25, 0.3) is 0 Å². The van der Waals surface area contributed by atoms with E-state index in [-0.39, 0.29) is 23.9 Å². The highest BCUT2D eigenvalue weighted by Crippen LogP contribution is 2.20. The van der Waals surface area contributed by atoms with E-state index in [0.29, 0.717) is 37.2 Å². The maximum absolute atomic E-state index is 12.4. The quantitative estimate of drug-likeness (QED) is 0.786. The van der Waals surface area contributed by atoms with Gasteiger partial charge in [-0.3, -0.25) is 9.59 Å². The molecule has 1 aliphatic rings. The molecule has 0 atom stereocenters. The molecule has 0 spiro atoms. The molecule has 1 saturated heterocycles. The Morgan fingerprint density at radius 2 is 1.71 bits per heavy atom. The number of carbonyl (C=O) groups excluding carboxylic acids is 2. The number of aliphatic carboxylic acids is 1. The average molecular weight is 333 g/mol. The molecule has 0 unspecified atom stereocenters. The zero-order chi connectivity index (χ0) is 17.7. The number of carboxylic acid groups (broad SMARTS) is 1. The first-order chi connectivity index (χ1) is 11.4. The van der Waals surface area contributed by atoms with Crippen molar-refractivity contribution in [2.24, 2.45) is 5.92 Å². The van der Waals surface area contributed by atoms with Gasteiger partial charge in [0, 0.05) is 30.4 Å². The van der Waals surface area contributed by atoms with E-state index in [0.717, 1.165) is 0 Å².